The Morgan fingerprint density at radius 1 is 0.344 bits per heavy atom. The molecule has 64 heavy (non-hydrogen) atoms. The largest absolute Gasteiger partial charge is 0.462 e. The van der Waals surface area contributed by atoms with Crippen LogP contribution in [-0.2, 0) is 19.1 Å². The number of aliphatic hydroxyl groups is 1. The van der Waals surface area contributed by atoms with E-state index in [1.54, 1.807) is 0 Å². The van der Waals surface area contributed by atoms with Crippen molar-refractivity contribution in [1.82, 2.24) is 0 Å². The van der Waals surface area contributed by atoms with Crippen molar-refractivity contribution in [2.24, 2.45) is 0 Å². The SMILES string of the molecule is CCCCCCCCCC/C=C\CCCCCCCCCCCCCCCCCCCCCCCCCC(=O)OC(CO)COC(=O)CCCCCCCCCCCCCCCCC. The van der Waals surface area contributed by atoms with Crippen molar-refractivity contribution in [3.05, 3.63) is 12.2 Å². The highest BCUT2D eigenvalue weighted by Crippen LogP contribution is 2.18. The van der Waals surface area contributed by atoms with Gasteiger partial charge in [-0.15, -0.1) is 0 Å². The van der Waals surface area contributed by atoms with E-state index in [1.807, 2.05) is 0 Å². The van der Waals surface area contributed by atoms with Gasteiger partial charge in [0.15, 0.2) is 6.10 Å². The number of aliphatic hydroxyl groups excluding tert-OH is 1. The van der Waals surface area contributed by atoms with Crippen LogP contribution in [-0.4, -0.2) is 36.4 Å². The topological polar surface area (TPSA) is 72.8 Å². The average molecular weight is 904 g/mol. The van der Waals surface area contributed by atoms with Crippen LogP contribution in [0.4, 0.5) is 0 Å². The molecule has 1 N–H and O–H groups in total. The lowest BCUT2D eigenvalue weighted by atomic mass is 10.0. The summed E-state index contributed by atoms with van der Waals surface area (Å²) in [4.78, 5) is 24.5. The average Bonchev–Trinajstić information content (AvgIpc) is 3.30. The van der Waals surface area contributed by atoms with Crippen molar-refractivity contribution in [2.75, 3.05) is 13.2 Å². The minimum Gasteiger partial charge on any atom is -0.462 e. The predicted molar refractivity (Wildman–Crippen MR) is 279 cm³/mol. The molecule has 0 fully saturated rings. The summed E-state index contributed by atoms with van der Waals surface area (Å²) in [6, 6.07) is 0. The van der Waals surface area contributed by atoms with Gasteiger partial charge in [-0.2, -0.15) is 0 Å². The van der Waals surface area contributed by atoms with Gasteiger partial charge in [-0.3, -0.25) is 9.59 Å². The Balaban J connectivity index is 3.36. The van der Waals surface area contributed by atoms with E-state index in [-0.39, 0.29) is 25.2 Å². The molecule has 0 bridgehead atoms. The lowest BCUT2D eigenvalue weighted by molar-refractivity contribution is -0.161. The Morgan fingerprint density at radius 3 is 0.844 bits per heavy atom. The number of hydrogen-bond acceptors (Lipinski definition) is 5. The first-order chi connectivity index (χ1) is 31.6. The van der Waals surface area contributed by atoms with Gasteiger partial charge in [0, 0.05) is 12.8 Å². The van der Waals surface area contributed by atoms with Crippen molar-refractivity contribution in [1.29, 1.82) is 0 Å². The normalized spacial score (nSPS) is 12.1. The van der Waals surface area contributed by atoms with Gasteiger partial charge >= 0.3 is 11.9 Å². The Labute approximate surface area is 401 Å². The number of hydrogen-bond donors (Lipinski definition) is 1. The summed E-state index contributed by atoms with van der Waals surface area (Å²) in [6.45, 7) is 4.19. The maximum Gasteiger partial charge on any atom is 0.306 e. The summed E-state index contributed by atoms with van der Waals surface area (Å²) < 4.78 is 10.7. The predicted octanol–water partition coefficient (Wildman–Crippen LogP) is 19.5. The second-order valence-corrected chi connectivity index (χ2v) is 20.1. The highest BCUT2D eigenvalue weighted by atomic mass is 16.6. The number of carbonyl (C=O) groups excluding carboxylic acids is 2. The fourth-order valence-corrected chi connectivity index (χ4v) is 9.14. The van der Waals surface area contributed by atoms with Gasteiger partial charge in [-0.05, 0) is 38.5 Å². The van der Waals surface area contributed by atoms with E-state index in [0.29, 0.717) is 12.8 Å². The number of esters is 2. The first kappa shape index (κ1) is 62.6. The maximum atomic E-state index is 12.3. The van der Waals surface area contributed by atoms with Crippen LogP contribution >= 0.6 is 0 Å². The van der Waals surface area contributed by atoms with E-state index in [4.69, 9.17) is 9.47 Å². The van der Waals surface area contributed by atoms with Crippen molar-refractivity contribution < 1.29 is 24.2 Å². The van der Waals surface area contributed by atoms with E-state index < -0.39 is 6.10 Å². The van der Waals surface area contributed by atoms with Crippen LogP contribution < -0.4 is 0 Å². The standard InChI is InChI=1S/C59H114O5/c1-3-5-7-9-11-13-15-17-19-20-21-22-23-24-25-26-27-28-29-30-31-32-33-34-35-36-37-38-40-42-44-46-48-50-52-54-59(62)64-57(55-60)56-63-58(61)53-51-49-47-45-43-41-39-18-16-14-12-10-8-6-4-2/h20-21,57,60H,3-19,22-56H2,1-2H3/b21-20-. The third-order valence-electron chi connectivity index (χ3n) is 13.6. The molecule has 0 rings (SSSR count). The summed E-state index contributed by atoms with van der Waals surface area (Å²) >= 11 is 0. The first-order valence-corrected chi connectivity index (χ1v) is 29.2. The zero-order chi connectivity index (χ0) is 46.3. The number of carbonyl (C=O) groups is 2. The van der Waals surface area contributed by atoms with E-state index in [2.05, 4.69) is 26.0 Å². The molecule has 1 unspecified atom stereocenters. The molecule has 0 aromatic carbocycles. The minimum atomic E-state index is -0.765. The van der Waals surface area contributed by atoms with Gasteiger partial charge in [0.2, 0.25) is 0 Å². The van der Waals surface area contributed by atoms with E-state index in [9.17, 15) is 14.7 Å². The molecule has 5 heteroatoms. The molecule has 0 aliphatic heterocycles. The molecule has 0 amide bonds. The molecule has 0 saturated heterocycles. The van der Waals surface area contributed by atoms with Crippen LogP contribution in [0.15, 0.2) is 12.2 Å². The maximum absolute atomic E-state index is 12.3. The lowest BCUT2D eigenvalue weighted by Crippen LogP contribution is -2.28. The van der Waals surface area contributed by atoms with Gasteiger partial charge < -0.3 is 14.6 Å². The Bertz CT molecular complexity index is 932. The molecule has 5 nitrogen and oxygen atoms in total. The molecule has 1 atom stereocenters. The Kier molecular flexibility index (Phi) is 54.8. The molecule has 0 saturated carbocycles. The summed E-state index contributed by atoms with van der Waals surface area (Å²) in [5, 5.41) is 9.63. The van der Waals surface area contributed by atoms with Crippen LogP contribution in [0.3, 0.4) is 0 Å². The lowest BCUT2D eigenvalue weighted by Gasteiger charge is -2.15. The van der Waals surface area contributed by atoms with Gasteiger partial charge in [-0.25, -0.2) is 0 Å². The van der Waals surface area contributed by atoms with Crippen molar-refractivity contribution in [3.63, 3.8) is 0 Å². The van der Waals surface area contributed by atoms with Crippen LogP contribution in [0, 0.1) is 0 Å². The summed E-state index contributed by atoms with van der Waals surface area (Å²) in [5.74, 6) is -0.568. The summed E-state index contributed by atoms with van der Waals surface area (Å²) in [5.41, 5.74) is 0. The molecule has 0 heterocycles. The third kappa shape index (κ3) is 53.3. The fourth-order valence-electron chi connectivity index (χ4n) is 9.14. The zero-order valence-corrected chi connectivity index (χ0v) is 43.6. The highest BCUT2D eigenvalue weighted by Gasteiger charge is 2.16. The van der Waals surface area contributed by atoms with Gasteiger partial charge in [0.1, 0.15) is 6.61 Å². The molecular formula is C59H114O5. The summed E-state index contributed by atoms with van der Waals surface area (Å²) in [6.07, 6.45) is 69.3. The highest BCUT2D eigenvalue weighted by molar-refractivity contribution is 5.70. The Morgan fingerprint density at radius 2 is 0.578 bits per heavy atom. The molecule has 0 spiro atoms. The number of rotatable bonds is 55. The van der Waals surface area contributed by atoms with Crippen molar-refractivity contribution >= 4 is 11.9 Å². The monoisotopic (exact) mass is 903 g/mol. The van der Waals surface area contributed by atoms with Crippen LogP contribution in [0.25, 0.3) is 0 Å². The first-order valence-electron chi connectivity index (χ1n) is 29.2. The molecule has 380 valence electrons. The van der Waals surface area contributed by atoms with Crippen molar-refractivity contribution in [3.8, 4) is 0 Å². The zero-order valence-electron chi connectivity index (χ0n) is 43.6. The molecule has 0 aromatic heterocycles. The second kappa shape index (κ2) is 56.0. The van der Waals surface area contributed by atoms with Crippen LogP contribution in [0.2, 0.25) is 0 Å². The number of unbranched alkanes of at least 4 members (excludes halogenated alkanes) is 45. The molecule has 0 aliphatic carbocycles. The number of allylic oxidation sites excluding steroid dienone is 2. The van der Waals surface area contributed by atoms with Crippen LogP contribution in [0.5, 0.6) is 0 Å². The quantitative estimate of drug-likeness (QED) is 0.0374. The number of ether oxygens (including phenoxy) is 2. The van der Waals surface area contributed by atoms with Gasteiger partial charge in [0.25, 0.3) is 0 Å². The van der Waals surface area contributed by atoms with Gasteiger partial charge in [0.05, 0.1) is 6.61 Å². The smallest absolute Gasteiger partial charge is 0.306 e. The molecule has 0 radical (unpaired) electrons. The van der Waals surface area contributed by atoms with E-state index >= 15 is 0 Å². The Hall–Kier alpha value is -1.36. The minimum absolute atomic E-state index is 0.0571. The summed E-state index contributed by atoms with van der Waals surface area (Å²) in [7, 11) is 0. The van der Waals surface area contributed by atoms with Crippen LogP contribution in [0.1, 0.15) is 335 Å². The van der Waals surface area contributed by atoms with Crippen molar-refractivity contribution in [2.45, 2.75) is 341 Å². The third-order valence-corrected chi connectivity index (χ3v) is 13.6. The fraction of sp³-hybridized carbons (Fsp3) is 0.932. The van der Waals surface area contributed by atoms with E-state index in [1.165, 1.54) is 276 Å². The van der Waals surface area contributed by atoms with E-state index in [0.717, 1.165) is 32.1 Å². The second-order valence-electron chi connectivity index (χ2n) is 20.1. The molecular weight excluding hydrogens is 789 g/mol. The molecule has 0 aromatic rings. The molecule has 0 aliphatic rings. The van der Waals surface area contributed by atoms with Gasteiger partial charge in [-0.1, -0.05) is 296 Å².